The van der Waals surface area contributed by atoms with Gasteiger partial charge in [-0.15, -0.1) is 0 Å². The number of amides is 1. The molecule has 0 atom stereocenters. The van der Waals surface area contributed by atoms with Gasteiger partial charge in [0.15, 0.2) is 23.0 Å². The van der Waals surface area contributed by atoms with Crippen molar-refractivity contribution < 1.29 is 23.7 Å². The summed E-state index contributed by atoms with van der Waals surface area (Å²) in [5, 5.41) is 5.09. The molecule has 0 radical (unpaired) electrons. The lowest BCUT2D eigenvalue weighted by Crippen LogP contribution is -2.12. The minimum atomic E-state index is 0.0965. The van der Waals surface area contributed by atoms with Crippen molar-refractivity contribution in [3.8, 4) is 45.3 Å². The average Bonchev–Trinajstić information content (AvgIpc) is 3.76. The molecule has 7 heteroatoms. The second-order valence-electron chi connectivity index (χ2n) is 9.69. The van der Waals surface area contributed by atoms with Gasteiger partial charge < -0.3 is 28.7 Å². The lowest BCUT2D eigenvalue weighted by atomic mass is 9.95. The first-order chi connectivity index (χ1) is 19.0. The van der Waals surface area contributed by atoms with E-state index in [4.69, 9.17) is 18.9 Å². The molecule has 1 fully saturated rings. The highest BCUT2D eigenvalue weighted by Crippen LogP contribution is 2.44. The smallest absolute Gasteiger partial charge is 0.227 e. The number of ether oxygens (including phenoxy) is 4. The summed E-state index contributed by atoms with van der Waals surface area (Å²) in [4.78, 5) is 12.3. The number of rotatable bonds is 8. The molecule has 1 saturated carbocycles. The topological polar surface area (TPSA) is 70.4 Å². The van der Waals surface area contributed by atoms with E-state index in [-0.39, 0.29) is 11.8 Å². The van der Waals surface area contributed by atoms with Gasteiger partial charge in [-0.25, -0.2) is 0 Å². The van der Waals surface area contributed by atoms with E-state index in [1.165, 1.54) is 0 Å². The summed E-state index contributed by atoms with van der Waals surface area (Å²) in [7, 11) is 6.56. The molecule has 1 aliphatic rings. The Morgan fingerprint density at radius 2 is 1.41 bits per heavy atom. The third kappa shape index (κ3) is 4.40. The summed E-state index contributed by atoms with van der Waals surface area (Å²) >= 11 is 0. The fraction of sp³-hybridized carbons (Fsp3) is 0.219. The molecule has 6 rings (SSSR count). The van der Waals surface area contributed by atoms with Crippen LogP contribution in [0.5, 0.6) is 23.0 Å². The Hall–Kier alpha value is -4.65. The molecule has 0 spiro atoms. The third-order valence-corrected chi connectivity index (χ3v) is 7.34. The molecule has 7 nitrogen and oxygen atoms in total. The number of carbonyl (C=O) groups is 1. The van der Waals surface area contributed by atoms with Crippen molar-refractivity contribution in [3.63, 3.8) is 0 Å². The van der Waals surface area contributed by atoms with Crippen LogP contribution in [0, 0.1) is 5.92 Å². The van der Waals surface area contributed by atoms with Crippen LogP contribution in [0.1, 0.15) is 12.8 Å². The number of benzene rings is 3. The lowest BCUT2D eigenvalue weighted by Gasteiger charge is -2.14. The molecule has 1 N–H and O–H groups in total. The van der Waals surface area contributed by atoms with E-state index in [9.17, 15) is 4.79 Å². The summed E-state index contributed by atoms with van der Waals surface area (Å²) in [6.45, 7) is 0. The number of fused-ring (bicyclic) bond motifs is 3. The second kappa shape index (κ2) is 9.91. The molecule has 2 heterocycles. The van der Waals surface area contributed by atoms with E-state index in [1.807, 2.05) is 54.6 Å². The van der Waals surface area contributed by atoms with Gasteiger partial charge in [0.05, 0.1) is 34.0 Å². The molecule has 0 aliphatic heterocycles. The molecule has 3 aromatic carbocycles. The summed E-state index contributed by atoms with van der Waals surface area (Å²) in [6, 6.07) is 20.1. The maximum Gasteiger partial charge on any atom is 0.227 e. The first-order valence-corrected chi connectivity index (χ1v) is 12.9. The van der Waals surface area contributed by atoms with Crippen LogP contribution in [0.2, 0.25) is 0 Å². The number of hydrogen-bond donors (Lipinski definition) is 1. The number of aromatic nitrogens is 1. The first-order valence-electron chi connectivity index (χ1n) is 12.9. The zero-order chi connectivity index (χ0) is 27.1. The normalized spacial score (nSPS) is 12.9. The Balaban J connectivity index is 1.58. The highest BCUT2D eigenvalue weighted by molar-refractivity contribution is 6.09. The number of anilines is 1. The molecule has 198 valence electrons. The molecule has 5 aromatic rings. The molecule has 2 aromatic heterocycles. The average molecular weight is 523 g/mol. The summed E-state index contributed by atoms with van der Waals surface area (Å²) in [6.07, 6.45) is 6.14. The second-order valence-corrected chi connectivity index (χ2v) is 9.69. The number of nitrogens with one attached hydrogen (secondary N) is 1. The van der Waals surface area contributed by atoms with Crippen molar-refractivity contribution >= 4 is 27.9 Å². The minimum Gasteiger partial charge on any atom is -0.493 e. The summed E-state index contributed by atoms with van der Waals surface area (Å²) < 4.78 is 24.5. The molecule has 0 bridgehead atoms. The van der Waals surface area contributed by atoms with Crippen molar-refractivity contribution in [1.82, 2.24) is 4.40 Å². The Bertz CT molecular complexity index is 1700. The van der Waals surface area contributed by atoms with Gasteiger partial charge in [0.25, 0.3) is 0 Å². The Kier molecular flexibility index (Phi) is 6.27. The highest BCUT2D eigenvalue weighted by Gasteiger charge is 2.29. The standard InChI is InChI=1S/C32H30N2O5/c1-36-26-12-9-22(16-27(26)37-2)30-25(19-7-10-23(11-8-19)33-32(35)20-5-6-20)18-34-14-13-21-15-28(38-3)29(39-4)17-24(21)31(30)34/h7-18,20H,5-6H2,1-4H3,(H,33,35). The molecule has 0 unspecified atom stereocenters. The van der Waals surface area contributed by atoms with Crippen LogP contribution in [0.25, 0.3) is 38.5 Å². The third-order valence-electron chi connectivity index (χ3n) is 7.34. The van der Waals surface area contributed by atoms with E-state index >= 15 is 0 Å². The van der Waals surface area contributed by atoms with Crippen molar-refractivity contribution in [1.29, 1.82) is 0 Å². The van der Waals surface area contributed by atoms with Crippen molar-refractivity contribution in [2.75, 3.05) is 33.8 Å². The van der Waals surface area contributed by atoms with Crippen LogP contribution in [-0.4, -0.2) is 38.7 Å². The molecule has 1 amide bonds. The SMILES string of the molecule is COc1ccc(-c2c(-c3ccc(NC(=O)C4CC4)cc3)cn3ccc4cc(OC)c(OC)cc4c23)cc1OC. The quantitative estimate of drug-likeness (QED) is 0.242. The Labute approximate surface area is 226 Å². The monoisotopic (exact) mass is 522 g/mol. The number of hydrogen-bond acceptors (Lipinski definition) is 5. The Morgan fingerprint density at radius 1 is 0.769 bits per heavy atom. The van der Waals surface area contributed by atoms with Crippen LogP contribution >= 0.6 is 0 Å². The van der Waals surface area contributed by atoms with E-state index in [1.54, 1.807) is 28.4 Å². The van der Waals surface area contributed by atoms with Crippen molar-refractivity contribution in [2.45, 2.75) is 12.8 Å². The maximum absolute atomic E-state index is 12.3. The zero-order valence-electron chi connectivity index (χ0n) is 22.4. The van der Waals surface area contributed by atoms with E-state index in [2.05, 4.69) is 28.2 Å². The number of methoxy groups -OCH3 is 4. The van der Waals surface area contributed by atoms with Gasteiger partial charge in [-0.2, -0.15) is 0 Å². The van der Waals surface area contributed by atoms with Crippen LogP contribution in [0.3, 0.4) is 0 Å². The Morgan fingerprint density at radius 3 is 2.08 bits per heavy atom. The van der Waals surface area contributed by atoms with E-state index in [0.717, 1.165) is 57.1 Å². The predicted octanol–water partition coefficient (Wildman–Crippen LogP) is 6.81. The lowest BCUT2D eigenvalue weighted by molar-refractivity contribution is -0.117. The van der Waals surface area contributed by atoms with Crippen LogP contribution < -0.4 is 24.3 Å². The van der Waals surface area contributed by atoms with Gasteiger partial charge in [0, 0.05) is 40.5 Å². The highest BCUT2D eigenvalue weighted by atomic mass is 16.5. The fourth-order valence-corrected chi connectivity index (χ4v) is 5.14. The van der Waals surface area contributed by atoms with Crippen LogP contribution in [-0.2, 0) is 4.79 Å². The van der Waals surface area contributed by atoms with Crippen LogP contribution in [0.4, 0.5) is 5.69 Å². The van der Waals surface area contributed by atoms with Gasteiger partial charge in [-0.1, -0.05) is 18.2 Å². The van der Waals surface area contributed by atoms with Crippen molar-refractivity contribution in [3.05, 3.63) is 73.1 Å². The maximum atomic E-state index is 12.3. The first kappa shape index (κ1) is 24.7. The molecule has 39 heavy (non-hydrogen) atoms. The van der Waals surface area contributed by atoms with Gasteiger partial charge >= 0.3 is 0 Å². The van der Waals surface area contributed by atoms with E-state index < -0.39 is 0 Å². The predicted molar refractivity (Wildman–Crippen MR) is 153 cm³/mol. The van der Waals surface area contributed by atoms with Gasteiger partial charge in [0.1, 0.15) is 0 Å². The number of carbonyl (C=O) groups excluding carboxylic acids is 1. The van der Waals surface area contributed by atoms with Gasteiger partial charge in [-0.05, 0) is 71.8 Å². The minimum absolute atomic E-state index is 0.0965. The van der Waals surface area contributed by atoms with Crippen molar-refractivity contribution in [2.24, 2.45) is 5.92 Å². The summed E-state index contributed by atoms with van der Waals surface area (Å²) in [5.74, 6) is 2.91. The zero-order valence-corrected chi connectivity index (χ0v) is 22.4. The molecule has 0 saturated heterocycles. The fourth-order valence-electron chi connectivity index (χ4n) is 5.14. The summed E-state index contributed by atoms with van der Waals surface area (Å²) in [5.41, 5.74) is 5.93. The molecule has 1 aliphatic carbocycles. The van der Waals surface area contributed by atoms with Gasteiger partial charge in [0.2, 0.25) is 5.91 Å². The molecular weight excluding hydrogens is 492 g/mol. The van der Waals surface area contributed by atoms with Gasteiger partial charge in [-0.3, -0.25) is 4.79 Å². The number of pyridine rings is 1. The van der Waals surface area contributed by atoms with Crippen LogP contribution in [0.15, 0.2) is 73.1 Å². The largest absolute Gasteiger partial charge is 0.493 e. The van der Waals surface area contributed by atoms with E-state index in [0.29, 0.717) is 23.0 Å². The number of nitrogens with zero attached hydrogens (tertiary/aromatic N) is 1. The molecular formula is C32H30N2O5.